The number of hydrogen-bond donors (Lipinski definition) is 2. The second-order valence-electron chi connectivity index (χ2n) is 4.70. The summed E-state index contributed by atoms with van der Waals surface area (Å²) in [5, 5.41) is 12.9. The van der Waals surface area contributed by atoms with E-state index in [9.17, 15) is 5.11 Å². The molecule has 0 aromatic heterocycles. The quantitative estimate of drug-likeness (QED) is 0.661. The molecule has 1 aliphatic heterocycles. The van der Waals surface area contributed by atoms with E-state index in [1.165, 1.54) is 18.4 Å². The zero-order valence-electron chi connectivity index (χ0n) is 8.80. The number of aryl methyl sites for hydroxylation is 1. The van der Waals surface area contributed by atoms with E-state index >= 15 is 0 Å². The van der Waals surface area contributed by atoms with E-state index in [2.05, 4.69) is 19.2 Å². The van der Waals surface area contributed by atoms with Crippen LogP contribution in [0, 0.1) is 0 Å². The number of benzene rings is 1. The van der Waals surface area contributed by atoms with Crippen molar-refractivity contribution in [3.63, 3.8) is 0 Å². The molecular weight excluding hydrogens is 174 g/mol. The average Bonchev–Trinajstić information content (AvgIpc) is 2.21. The highest BCUT2D eigenvalue weighted by Gasteiger charge is 2.21. The van der Waals surface area contributed by atoms with Gasteiger partial charge in [0.1, 0.15) is 5.75 Å². The first-order chi connectivity index (χ1) is 6.57. The lowest BCUT2D eigenvalue weighted by atomic mass is 9.99. The third-order valence-electron chi connectivity index (χ3n) is 2.81. The molecule has 1 aromatic carbocycles. The maximum atomic E-state index is 9.41. The van der Waals surface area contributed by atoms with Crippen LogP contribution in [0.5, 0.6) is 5.75 Å². The number of nitrogens with one attached hydrogen (secondary N) is 1. The summed E-state index contributed by atoms with van der Waals surface area (Å²) in [6.07, 6.45) is 3.48. The molecule has 2 heteroatoms. The molecular formula is C12H17NO. The molecule has 0 bridgehead atoms. The summed E-state index contributed by atoms with van der Waals surface area (Å²) < 4.78 is 0. The Hall–Kier alpha value is -1.18. The Bertz CT molecular complexity index is 344. The summed E-state index contributed by atoms with van der Waals surface area (Å²) in [6.45, 7) is 4.40. The average molecular weight is 191 g/mol. The van der Waals surface area contributed by atoms with Gasteiger partial charge in [0.25, 0.3) is 0 Å². The van der Waals surface area contributed by atoms with Crippen molar-refractivity contribution in [2.75, 3.05) is 5.32 Å². The van der Waals surface area contributed by atoms with Crippen LogP contribution in [-0.2, 0) is 6.42 Å². The van der Waals surface area contributed by atoms with E-state index in [-0.39, 0.29) is 5.54 Å². The van der Waals surface area contributed by atoms with Gasteiger partial charge in [-0.25, -0.2) is 0 Å². The molecule has 1 aromatic rings. The van der Waals surface area contributed by atoms with Crippen LogP contribution in [0.3, 0.4) is 0 Å². The van der Waals surface area contributed by atoms with Gasteiger partial charge >= 0.3 is 0 Å². The van der Waals surface area contributed by atoms with Gasteiger partial charge in [0.2, 0.25) is 0 Å². The van der Waals surface area contributed by atoms with Gasteiger partial charge in [0, 0.05) is 17.3 Å². The number of phenolic OH excluding ortho intramolecular Hbond substituents is 1. The van der Waals surface area contributed by atoms with Gasteiger partial charge in [-0.3, -0.25) is 0 Å². The van der Waals surface area contributed by atoms with Crippen LogP contribution in [0.4, 0.5) is 5.69 Å². The SMILES string of the molecule is CC1(C)CCCc2ccc(O)cc2N1. The van der Waals surface area contributed by atoms with E-state index in [1.54, 1.807) is 6.07 Å². The third kappa shape index (κ3) is 1.84. The monoisotopic (exact) mass is 191 g/mol. The lowest BCUT2D eigenvalue weighted by Gasteiger charge is -2.25. The molecule has 0 aliphatic carbocycles. The van der Waals surface area contributed by atoms with Gasteiger partial charge < -0.3 is 10.4 Å². The summed E-state index contributed by atoms with van der Waals surface area (Å²) in [5.41, 5.74) is 2.54. The summed E-state index contributed by atoms with van der Waals surface area (Å²) in [5.74, 6) is 0.342. The molecule has 2 N–H and O–H groups in total. The number of phenols is 1. The predicted octanol–water partition coefficient (Wildman–Crippen LogP) is 2.92. The highest BCUT2D eigenvalue weighted by Crippen LogP contribution is 2.31. The molecule has 0 atom stereocenters. The first kappa shape index (κ1) is 9.38. The van der Waals surface area contributed by atoms with Crippen molar-refractivity contribution in [3.05, 3.63) is 23.8 Å². The number of rotatable bonds is 0. The normalized spacial score (nSPS) is 19.3. The lowest BCUT2D eigenvalue weighted by molar-refractivity contribution is 0.475. The van der Waals surface area contributed by atoms with Crippen molar-refractivity contribution in [3.8, 4) is 5.75 Å². The van der Waals surface area contributed by atoms with Gasteiger partial charge in [0.15, 0.2) is 0 Å². The van der Waals surface area contributed by atoms with Crippen molar-refractivity contribution in [2.45, 2.75) is 38.6 Å². The third-order valence-corrected chi connectivity index (χ3v) is 2.81. The second kappa shape index (κ2) is 3.19. The van der Waals surface area contributed by atoms with Crippen molar-refractivity contribution in [1.82, 2.24) is 0 Å². The van der Waals surface area contributed by atoms with Gasteiger partial charge in [-0.15, -0.1) is 0 Å². The van der Waals surface area contributed by atoms with Gasteiger partial charge in [-0.1, -0.05) is 6.07 Å². The van der Waals surface area contributed by atoms with E-state index in [0.29, 0.717) is 5.75 Å². The Morgan fingerprint density at radius 2 is 2.14 bits per heavy atom. The predicted molar refractivity (Wildman–Crippen MR) is 58.7 cm³/mol. The summed E-state index contributed by atoms with van der Waals surface area (Å²) in [6, 6.07) is 5.60. The Kier molecular flexibility index (Phi) is 2.14. The fourth-order valence-corrected chi connectivity index (χ4v) is 2.05. The lowest BCUT2D eigenvalue weighted by Crippen LogP contribution is -2.29. The smallest absolute Gasteiger partial charge is 0.117 e. The highest BCUT2D eigenvalue weighted by molar-refractivity contribution is 5.57. The van der Waals surface area contributed by atoms with E-state index in [0.717, 1.165) is 12.1 Å². The molecule has 0 fully saturated rings. The first-order valence-corrected chi connectivity index (χ1v) is 5.17. The van der Waals surface area contributed by atoms with Gasteiger partial charge in [-0.2, -0.15) is 0 Å². The van der Waals surface area contributed by atoms with Crippen LogP contribution in [0.25, 0.3) is 0 Å². The standard InChI is InChI=1S/C12H17NO/c1-12(2)7-3-4-9-5-6-10(14)8-11(9)13-12/h5-6,8,13-14H,3-4,7H2,1-2H3. The molecule has 2 rings (SSSR count). The van der Waals surface area contributed by atoms with Crippen LogP contribution >= 0.6 is 0 Å². The zero-order chi connectivity index (χ0) is 10.2. The topological polar surface area (TPSA) is 32.3 Å². The molecule has 2 nitrogen and oxygen atoms in total. The maximum Gasteiger partial charge on any atom is 0.117 e. The number of fused-ring (bicyclic) bond motifs is 1. The maximum absolute atomic E-state index is 9.41. The van der Waals surface area contributed by atoms with Gasteiger partial charge in [0.05, 0.1) is 0 Å². The van der Waals surface area contributed by atoms with Crippen molar-refractivity contribution in [2.24, 2.45) is 0 Å². The number of anilines is 1. The fraction of sp³-hybridized carbons (Fsp3) is 0.500. The number of hydrogen-bond acceptors (Lipinski definition) is 2. The van der Waals surface area contributed by atoms with Crippen LogP contribution in [0.2, 0.25) is 0 Å². The molecule has 0 unspecified atom stereocenters. The molecule has 0 amide bonds. The van der Waals surface area contributed by atoms with E-state index in [1.807, 2.05) is 12.1 Å². The van der Waals surface area contributed by atoms with Crippen LogP contribution in [-0.4, -0.2) is 10.6 Å². The highest BCUT2D eigenvalue weighted by atomic mass is 16.3. The Balaban J connectivity index is 2.38. The largest absolute Gasteiger partial charge is 0.508 e. The van der Waals surface area contributed by atoms with Crippen molar-refractivity contribution in [1.29, 1.82) is 0 Å². The summed E-state index contributed by atoms with van der Waals surface area (Å²) in [4.78, 5) is 0. The molecule has 76 valence electrons. The zero-order valence-corrected chi connectivity index (χ0v) is 8.80. The second-order valence-corrected chi connectivity index (χ2v) is 4.70. The molecule has 0 radical (unpaired) electrons. The first-order valence-electron chi connectivity index (χ1n) is 5.17. The Morgan fingerprint density at radius 1 is 1.36 bits per heavy atom. The van der Waals surface area contributed by atoms with Crippen LogP contribution < -0.4 is 5.32 Å². The molecule has 0 saturated heterocycles. The van der Waals surface area contributed by atoms with Gasteiger partial charge in [-0.05, 0) is 44.7 Å². The summed E-state index contributed by atoms with van der Waals surface area (Å²) in [7, 11) is 0. The fourth-order valence-electron chi connectivity index (χ4n) is 2.05. The molecule has 0 saturated carbocycles. The molecule has 14 heavy (non-hydrogen) atoms. The summed E-state index contributed by atoms with van der Waals surface area (Å²) >= 11 is 0. The Labute approximate surface area is 85.0 Å². The van der Waals surface area contributed by atoms with E-state index < -0.39 is 0 Å². The van der Waals surface area contributed by atoms with Crippen molar-refractivity contribution >= 4 is 5.69 Å². The Morgan fingerprint density at radius 3 is 2.93 bits per heavy atom. The molecule has 1 aliphatic rings. The van der Waals surface area contributed by atoms with E-state index in [4.69, 9.17) is 0 Å². The molecule has 1 heterocycles. The molecule has 0 spiro atoms. The minimum atomic E-state index is 0.138. The van der Waals surface area contributed by atoms with Crippen LogP contribution in [0.15, 0.2) is 18.2 Å². The van der Waals surface area contributed by atoms with Crippen LogP contribution in [0.1, 0.15) is 32.3 Å². The minimum absolute atomic E-state index is 0.138. The number of aromatic hydroxyl groups is 1. The van der Waals surface area contributed by atoms with Crippen molar-refractivity contribution < 1.29 is 5.11 Å². The minimum Gasteiger partial charge on any atom is -0.508 e.